The average molecular weight is 330 g/mol. The van der Waals surface area contributed by atoms with Crippen LogP contribution < -0.4 is 14.2 Å². The molecular formula is C19H22O5. The van der Waals surface area contributed by atoms with E-state index in [1.807, 2.05) is 38.1 Å². The Hall–Kier alpha value is -2.69. The van der Waals surface area contributed by atoms with Crippen molar-refractivity contribution in [1.29, 1.82) is 0 Å². The van der Waals surface area contributed by atoms with Crippen LogP contribution in [0.5, 0.6) is 17.2 Å². The second-order valence-corrected chi connectivity index (χ2v) is 5.37. The van der Waals surface area contributed by atoms with Gasteiger partial charge in [-0.1, -0.05) is 29.8 Å². The van der Waals surface area contributed by atoms with Crippen LogP contribution in [0.15, 0.2) is 36.4 Å². The highest BCUT2D eigenvalue weighted by atomic mass is 16.5. The molecule has 0 radical (unpaired) electrons. The first-order chi connectivity index (χ1) is 11.5. The molecular weight excluding hydrogens is 308 g/mol. The largest absolute Gasteiger partial charge is 0.493 e. The topological polar surface area (TPSA) is 54.0 Å². The maximum atomic E-state index is 12.5. The number of methoxy groups -OCH3 is 3. The monoisotopic (exact) mass is 330 g/mol. The van der Waals surface area contributed by atoms with Gasteiger partial charge in [-0.25, -0.2) is 4.79 Å². The third-order valence-electron chi connectivity index (χ3n) is 3.73. The van der Waals surface area contributed by atoms with Crippen LogP contribution in [0, 0.1) is 6.92 Å². The summed E-state index contributed by atoms with van der Waals surface area (Å²) >= 11 is 0. The zero-order chi connectivity index (χ0) is 17.7. The summed E-state index contributed by atoms with van der Waals surface area (Å²) in [7, 11) is 4.51. The normalized spacial score (nSPS) is 11.5. The molecule has 0 fully saturated rings. The van der Waals surface area contributed by atoms with Gasteiger partial charge in [0.05, 0.1) is 26.9 Å². The molecule has 2 aromatic rings. The van der Waals surface area contributed by atoms with Gasteiger partial charge in [0.15, 0.2) is 11.5 Å². The van der Waals surface area contributed by atoms with E-state index >= 15 is 0 Å². The van der Waals surface area contributed by atoms with E-state index < -0.39 is 5.97 Å². The molecule has 128 valence electrons. The minimum atomic E-state index is -0.456. The predicted octanol–water partition coefficient (Wildman–Crippen LogP) is 3.94. The summed E-state index contributed by atoms with van der Waals surface area (Å²) < 4.78 is 21.3. The zero-order valence-electron chi connectivity index (χ0n) is 14.6. The van der Waals surface area contributed by atoms with E-state index in [1.165, 1.54) is 21.3 Å². The van der Waals surface area contributed by atoms with E-state index in [1.54, 1.807) is 12.1 Å². The lowest BCUT2D eigenvalue weighted by atomic mass is 10.1. The third kappa shape index (κ3) is 3.79. The molecule has 0 aromatic heterocycles. The van der Waals surface area contributed by atoms with E-state index in [9.17, 15) is 4.79 Å². The molecule has 0 amide bonds. The molecule has 0 bridgehead atoms. The standard InChI is InChI=1S/C19H22O5/c1-12-6-8-14(9-7-12)13(2)24-19(20)15-10-16(21-3)18(23-5)17(11-15)22-4/h6-11,13H,1-5H3/t13-/m0/s1. The Morgan fingerprint density at radius 2 is 1.46 bits per heavy atom. The van der Waals surface area contributed by atoms with Gasteiger partial charge < -0.3 is 18.9 Å². The van der Waals surface area contributed by atoms with Crippen LogP contribution in [-0.2, 0) is 4.74 Å². The number of hydrogen-bond acceptors (Lipinski definition) is 5. The fourth-order valence-corrected chi connectivity index (χ4v) is 2.33. The Kier molecular flexibility index (Phi) is 5.68. The molecule has 5 nitrogen and oxygen atoms in total. The highest BCUT2D eigenvalue weighted by Crippen LogP contribution is 2.38. The Morgan fingerprint density at radius 3 is 1.92 bits per heavy atom. The Labute approximate surface area is 142 Å². The van der Waals surface area contributed by atoms with Crippen molar-refractivity contribution in [1.82, 2.24) is 0 Å². The number of aryl methyl sites for hydroxylation is 1. The first-order valence-electron chi connectivity index (χ1n) is 7.57. The summed E-state index contributed by atoms with van der Waals surface area (Å²) in [6.45, 7) is 3.84. The van der Waals surface area contributed by atoms with Crippen LogP contribution in [0.25, 0.3) is 0 Å². The Morgan fingerprint density at radius 1 is 0.917 bits per heavy atom. The van der Waals surface area contributed by atoms with Crippen LogP contribution in [0.1, 0.15) is 34.5 Å². The maximum Gasteiger partial charge on any atom is 0.339 e. The van der Waals surface area contributed by atoms with Gasteiger partial charge in [-0.2, -0.15) is 0 Å². The molecule has 2 rings (SSSR count). The van der Waals surface area contributed by atoms with Crippen molar-refractivity contribution in [3.63, 3.8) is 0 Å². The van der Waals surface area contributed by atoms with Gasteiger partial charge in [-0.3, -0.25) is 0 Å². The second-order valence-electron chi connectivity index (χ2n) is 5.37. The summed E-state index contributed by atoms with van der Waals surface area (Å²) in [5, 5.41) is 0. The van der Waals surface area contributed by atoms with E-state index in [0.717, 1.165) is 11.1 Å². The lowest BCUT2D eigenvalue weighted by Gasteiger charge is -2.16. The summed E-state index contributed by atoms with van der Waals surface area (Å²) in [6, 6.07) is 11.0. The first kappa shape index (κ1) is 17.7. The van der Waals surface area contributed by atoms with Crippen LogP contribution in [0.3, 0.4) is 0 Å². The quantitative estimate of drug-likeness (QED) is 0.751. The molecule has 0 aliphatic heterocycles. The van der Waals surface area contributed by atoms with E-state index in [2.05, 4.69) is 0 Å². The van der Waals surface area contributed by atoms with Crippen molar-refractivity contribution in [2.24, 2.45) is 0 Å². The highest BCUT2D eigenvalue weighted by Gasteiger charge is 2.20. The molecule has 0 spiro atoms. The summed E-state index contributed by atoms with van der Waals surface area (Å²) in [6.07, 6.45) is -0.364. The van der Waals surface area contributed by atoms with E-state index in [0.29, 0.717) is 22.8 Å². The third-order valence-corrected chi connectivity index (χ3v) is 3.73. The summed E-state index contributed by atoms with van der Waals surface area (Å²) in [5.41, 5.74) is 2.42. The number of benzene rings is 2. The summed E-state index contributed by atoms with van der Waals surface area (Å²) in [5.74, 6) is 0.795. The number of ether oxygens (including phenoxy) is 4. The van der Waals surface area contributed by atoms with Gasteiger partial charge in [-0.15, -0.1) is 0 Å². The minimum absolute atomic E-state index is 0.337. The lowest BCUT2D eigenvalue weighted by Crippen LogP contribution is -2.10. The van der Waals surface area contributed by atoms with Crippen molar-refractivity contribution in [2.75, 3.05) is 21.3 Å². The molecule has 0 aliphatic carbocycles. The van der Waals surface area contributed by atoms with Crippen molar-refractivity contribution in [3.8, 4) is 17.2 Å². The highest BCUT2D eigenvalue weighted by molar-refractivity contribution is 5.91. The molecule has 0 aliphatic rings. The molecule has 0 N–H and O–H groups in total. The number of hydrogen-bond donors (Lipinski definition) is 0. The fraction of sp³-hybridized carbons (Fsp3) is 0.316. The smallest absolute Gasteiger partial charge is 0.339 e. The van der Waals surface area contributed by atoms with E-state index in [4.69, 9.17) is 18.9 Å². The Bertz CT molecular complexity index is 681. The van der Waals surface area contributed by atoms with Gasteiger partial charge >= 0.3 is 5.97 Å². The number of rotatable bonds is 6. The van der Waals surface area contributed by atoms with Gasteiger partial charge in [0.25, 0.3) is 0 Å². The van der Waals surface area contributed by atoms with Gasteiger partial charge in [0.2, 0.25) is 5.75 Å². The number of esters is 1. The molecule has 2 aromatic carbocycles. The number of carbonyl (C=O) groups excluding carboxylic acids is 1. The van der Waals surface area contributed by atoms with Gasteiger partial charge in [0.1, 0.15) is 6.10 Å². The molecule has 0 heterocycles. The van der Waals surface area contributed by atoms with Crippen LogP contribution in [0.4, 0.5) is 0 Å². The van der Waals surface area contributed by atoms with Crippen LogP contribution in [-0.4, -0.2) is 27.3 Å². The molecule has 0 unspecified atom stereocenters. The predicted molar refractivity (Wildman–Crippen MR) is 91.1 cm³/mol. The van der Waals surface area contributed by atoms with Crippen molar-refractivity contribution >= 4 is 5.97 Å². The second kappa shape index (κ2) is 7.73. The maximum absolute atomic E-state index is 12.5. The van der Waals surface area contributed by atoms with Crippen LogP contribution >= 0.6 is 0 Å². The van der Waals surface area contributed by atoms with Crippen LogP contribution in [0.2, 0.25) is 0 Å². The fourth-order valence-electron chi connectivity index (χ4n) is 2.33. The molecule has 1 atom stereocenters. The SMILES string of the molecule is COc1cc(C(=O)O[C@@H](C)c2ccc(C)cc2)cc(OC)c1OC. The average Bonchev–Trinajstić information content (AvgIpc) is 2.60. The number of carbonyl (C=O) groups is 1. The first-order valence-corrected chi connectivity index (χ1v) is 7.57. The molecule has 5 heteroatoms. The van der Waals surface area contributed by atoms with E-state index in [-0.39, 0.29) is 6.10 Å². The molecule has 0 saturated carbocycles. The van der Waals surface area contributed by atoms with Crippen molar-refractivity contribution in [2.45, 2.75) is 20.0 Å². The molecule has 24 heavy (non-hydrogen) atoms. The van der Waals surface area contributed by atoms with Crippen molar-refractivity contribution < 1.29 is 23.7 Å². The lowest BCUT2D eigenvalue weighted by molar-refractivity contribution is 0.0337. The molecule has 0 saturated heterocycles. The van der Waals surface area contributed by atoms with Gasteiger partial charge in [0, 0.05) is 0 Å². The van der Waals surface area contributed by atoms with Crippen molar-refractivity contribution in [3.05, 3.63) is 53.1 Å². The Balaban J connectivity index is 2.24. The minimum Gasteiger partial charge on any atom is -0.493 e. The summed E-state index contributed by atoms with van der Waals surface area (Å²) in [4.78, 5) is 12.5. The zero-order valence-corrected chi connectivity index (χ0v) is 14.6. The van der Waals surface area contributed by atoms with Gasteiger partial charge in [-0.05, 0) is 31.5 Å².